The molecule has 0 aromatic heterocycles. The zero-order valence-electron chi connectivity index (χ0n) is 11.4. The standard InChI is InChI=1S/C16H16BrNO2/c1-10-5-3-4-6-13(10)11(2)18-16(20)14-8-7-12(17)9-15(14)19/h3-9,11,19H,1-2H3,(H,18,20). The number of carbonyl (C=O) groups is 1. The number of phenols is 1. The third-order valence-electron chi connectivity index (χ3n) is 3.21. The summed E-state index contributed by atoms with van der Waals surface area (Å²) in [5.41, 5.74) is 2.46. The number of halogens is 1. The number of phenolic OH excluding ortho intramolecular Hbond substituents is 1. The van der Waals surface area contributed by atoms with Crippen LogP contribution in [0.25, 0.3) is 0 Å². The predicted molar refractivity (Wildman–Crippen MR) is 82.9 cm³/mol. The highest BCUT2D eigenvalue weighted by atomic mass is 79.9. The maximum atomic E-state index is 12.2. The van der Waals surface area contributed by atoms with Crippen LogP contribution in [-0.4, -0.2) is 11.0 Å². The molecule has 2 N–H and O–H groups in total. The fourth-order valence-electron chi connectivity index (χ4n) is 2.12. The van der Waals surface area contributed by atoms with Crippen LogP contribution in [0.3, 0.4) is 0 Å². The fraction of sp³-hybridized carbons (Fsp3) is 0.188. The smallest absolute Gasteiger partial charge is 0.255 e. The second-order valence-corrected chi connectivity index (χ2v) is 5.63. The highest BCUT2D eigenvalue weighted by molar-refractivity contribution is 9.10. The molecule has 2 aromatic rings. The topological polar surface area (TPSA) is 49.3 Å². The van der Waals surface area contributed by atoms with Crippen LogP contribution in [0, 0.1) is 6.92 Å². The van der Waals surface area contributed by atoms with Gasteiger partial charge in [-0.05, 0) is 43.2 Å². The van der Waals surface area contributed by atoms with Crippen molar-refractivity contribution >= 4 is 21.8 Å². The van der Waals surface area contributed by atoms with E-state index in [1.54, 1.807) is 12.1 Å². The number of hydrogen-bond acceptors (Lipinski definition) is 2. The maximum absolute atomic E-state index is 12.2. The van der Waals surface area contributed by atoms with Gasteiger partial charge in [0.25, 0.3) is 5.91 Å². The van der Waals surface area contributed by atoms with Crippen LogP contribution in [0.2, 0.25) is 0 Å². The lowest BCUT2D eigenvalue weighted by atomic mass is 10.0. The molecule has 2 aromatic carbocycles. The molecule has 0 aliphatic heterocycles. The van der Waals surface area contributed by atoms with Crippen LogP contribution < -0.4 is 5.32 Å². The van der Waals surface area contributed by atoms with Crippen molar-refractivity contribution in [3.63, 3.8) is 0 Å². The lowest BCUT2D eigenvalue weighted by molar-refractivity contribution is 0.0937. The number of aromatic hydroxyl groups is 1. The van der Waals surface area contributed by atoms with Gasteiger partial charge in [0.15, 0.2) is 0 Å². The molecule has 4 heteroatoms. The molecular formula is C16H16BrNO2. The van der Waals surface area contributed by atoms with Crippen molar-refractivity contribution in [1.29, 1.82) is 0 Å². The third-order valence-corrected chi connectivity index (χ3v) is 3.70. The Morgan fingerprint density at radius 1 is 1.25 bits per heavy atom. The molecule has 0 saturated carbocycles. The molecule has 1 atom stereocenters. The first-order valence-corrected chi connectivity index (χ1v) is 7.13. The highest BCUT2D eigenvalue weighted by Gasteiger charge is 2.15. The van der Waals surface area contributed by atoms with Crippen LogP contribution >= 0.6 is 15.9 Å². The van der Waals surface area contributed by atoms with Gasteiger partial charge in [-0.25, -0.2) is 0 Å². The summed E-state index contributed by atoms with van der Waals surface area (Å²) in [5, 5.41) is 12.7. The first-order valence-electron chi connectivity index (χ1n) is 6.34. The molecule has 0 radical (unpaired) electrons. The van der Waals surface area contributed by atoms with Crippen LogP contribution in [-0.2, 0) is 0 Å². The largest absolute Gasteiger partial charge is 0.507 e. The molecule has 0 aliphatic carbocycles. The van der Waals surface area contributed by atoms with Gasteiger partial charge in [0.1, 0.15) is 5.75 Å². The Labute approximate surface area is 126 Å². The van der Waals surface area contributed by atoms with E-state index in [0.29, 0.717) is 0 Å². The molecule has 0 heterocycles. The second-order valence-electron chi connectivity index (χ2n) is 4.71. The molecule has 1 unspecified atom stereocenters. The molecule has 2 rings (SSSR count). The van der Waals surface area contributed by atoms with Crippen molar-refractivity contribution in [3.05, 3.63) is 63.6 Å². The Morgan fingerprint density at radius 2 is 1.95 bits per heavy atom. The molecule has 0 fully saturated rings. The Balaban J connectivity index is 2.17. The minimum Gasteiger partial charge on any atom is -0.507 e. The van der Waals surface area contributed by atoms with Crippen molar-refractivity contribution < 1.29 is 9.90 Å². The lowest BCUT2D eigenvalue weighted by Crippen LogP contribution is -2.27. The van der Waals surface area contributed by atoms with Gasteiger partial charge in [-0.1, -0.05) is 40.2 Å². The maximum Gasteiger partial charge on any atom is 0.255 e. The molecule has 0 spiro atoms. The van der Waals surface area contributed by atoms with Crippen molar-refractivity contribution in [2.75, 3.05) is 0 Å². The van der Waals surface area contributed by atoms with Gasteiger partial charge in [-0.2, -0.15) is 0 Å². The summed E-state index contributed by atoms with van der Waals surface area (Å²) in [5.74, 6) is -0.320. The zero-order chi connectivity index (χ0) is 14.7. The van der Waals surface area contributed by atoms with Gasteiger partial charge in [0.2, 0.25) is 0 Å². The highest BCUT2D eigenvalue weighted by Crippen LogP contribution is 2.23. The van der Waals surface area contributed by atoms with E-state index >= 15 is 0 Å². The van der Waals surface area contributed by atoms with E-state index in [-0.39, 0.29) is 23.3 Å². The minimum absolute atomic E-state index is 0.0335. The number of aryl methyl sites for hydroxylation is 1. The van der Waals surface area contributed by atoms with Gasteiger partial charge in [0.05, 0.1) is 11.6 Å². The van der Waals surface area contributed by atoms with Crippen molar-refractivity contribution in [3.8, 4) is 5.75 Å². The predicted octanol–water partition coefficient (Wildman–Crippen LogP) is 3.95. The van der Waals surface area contributed by atoms with E-state index in [0.717, 1.165) is 15.6 Å². The van der Waals surface area contributed by atoms with Crippen LogP contribution in [0.1, 0.15) is 34.5 Å². The first kappa shape index (κ1) is 14.6. The number of amides is 1. The van der Waals surface area contributed by atoms with Crippen molar-refractivity contribution in [2.45, 2.75) is 19.9 Å². The Hall–Kier alpha value is -1.81. The minimum atomic E-state index is -0.286. The van der Waals surface area contributed by atoms with E-state index in [4.69, 9.17) is 0 Å². The van der Waals surface area contributed by atoms with E-state index in [1.807, 2.05) is 38.1 Å². The Kier molecular flexibility index (Phi) is 4.45. The van der Waals surface area contributed by atoms with Crippen molar-refractivity contribution in [2.24, 2.45) is 0 Å². The summed E-state index contributed by atoms with van der Waals surface area (Å²) in [7, 11) is 0. The number of benzene rings is 2. The quantitative estimate of drug-likeness (QED) is 0.893. The van der Waals surface area contributed by atoms with Gasteiger partial charge < -0.3 is 10.4 Å². The number of rotatable bonds is 3. The Morgan fingerprint density at radius 3 is 2.60 bits per heavy atom. The van der Waals surface area contributed by atoms with Crippen LogP contribution in [0.5, 0.6) is 5.75 Å². The number of nitrogens with one attached hydrogen (secondary N) is 1. The summed E-state index contributed by atoms with van der Waals surface area (Å²) in [6, 6.07) is 12.6. The average molecular weight is 334 g/mol. The molecule has 1 amide bonds. The van der Waals surface area contributed by atoms with E-state index in [9.17, 15) is 9.90 Å². The number of carbonyl (C=O) groups excluding carboxylic acids is 1. The SMILES string of the molecule is Cc1ccccc1C(C)NC(=O)c1ccc(Br)cc1O. The summed E-state index contributed by atoms with van der Waals surface area (Å²) < 4.78 is 0.735. The average Bonchev–Trinajstić information content (AvgIpc) is 2.38. The molecule has 104 valence electrons. The van der Waals surface area contributed by atoms with Crippen LogP contribution in [0.15, 0.2) is 46.9 Å². The zero-order valence-corrected chi connectivity index (χ0v) is 12.9. The van der Waals surface area contributed by atoms with Gasteiger partial charge in [0, 0.05) is 4.47 Å². The van der Waals surface area contributed by atoms with Crippen LogP contribution in [0.4, 0.5) is 0 Å². The van der Waals surface area contributed by atoms with Gasteiger partial charge in [-0.15, -0.1) is 0 Å². The van der Waals surface area contributed by atoms with Gasteiger partial charge in [-0.3, -0.25) is 4.79 Å². The second kappa shape index (κ2) is 6.09. The van der Waals surface area contributed by atoms with E-state index in [1.165, 1.54) is 6.07 Å². The summed E-state index contributed by atoms with van der Waals surface area (Å²) >= 11 is 3.25. The first-order chi connectivity index (χ1) is 9.49. The van der Waals surface area contributed by atoms with E-state index < -0.39 is 0 Å². The molecular weight excluding hydrogens is 318 g/mol. The third kappa shape index (κ3) is 3.20. The number of hydrogen-bond donors (Lipinski definition) is 2. The van der Waals surface area contributed by atoms with E-state index in [2.05, 4.69) is 21.2 Å². The Bertz CT molecular complexity index is 640. The summed E-state index contributed by atoms with van der Waals surface area (Å²) in [4.78, 5) is 12.2. The molecule has 0 aliphatic rings. The summed E-state index contributed by atoms with van der Waals surface area (Å²) in [6.07, 6.45) is 0. The van der Waals surface area contributed by atoms with Crippen molar-refractivity contribution in [1.82, 2.24) is 5.32 Å². The molecule has 3 nitrogen and oxygen atoms in total. The normalized spacial score (nSPS) is 11.9. The molecule has 0 bridgehead atoms. The molecule has 0 saturated heterocycles. The monoisotopic (exact) mass is 333 g/mol. The molecule has 20 heavy (non-hydrogen) atoms. The summed E-state index contributed by atoms with van der Waals surface area (Å²) in [6.45, 7) is 3.94. The fourth-order valence-corrected chi connectivity index (χ4v) is 2.47. The van der Waals surface area contributed by atoms with Gasteiger partial charge >= 0.3 is 0 Å². The lowest BCUT2D eigenvalue weighted by Gasteiger charge is -2.17.